The molecule has 2 aliphatic heterocycles. The predicted molar refractivity (Wildman–Crippen MR) is 123 cm³/mol. The Balaban J connectivity index is 1.49. The molecule has 3 N–H and O–H groups in total. The minimum Gasteiger partial charge on any atom is -0.492 e. The quantitative estimate of drug-likeness (QED) is 0.491. The molecule has 1 saturated carbocycles. The van der Waals surface area contributed by atoms with E-state index >= 15 is 0 Å². The van der Waals surface area contributed by atoms with Gasteiger partial charge in [0.05, 0.1) is 42.0 Å². The highest BCUT2D eigenvalue weighted by Gasteiger charge is 2.51. The van der Waals surface area contributed by atoms with Crippen molar-refractivity contribution in [2.24, 2.45) is 0 Å². The maximum absolute atomic E-state index is 14.4. The zero-order valence-corrected chi connectivity index (χ0v) is 18.7. The Kier molecular flexibility index (Phi) is 4.95. The average molecular weight is 464 g/mol. The van der Waals surface area contributed by atoms with Crippen LogP contribution in [0.3, 0.4) is 0 Å². The lowest BCUT2D eigenvalue weighted by atomic mass is 9.93. The molecule has 0 radical (unpaired) electrons. The lowest BCUT2D eigenvalue weighted by Gasteiger charge is -2.26. The minimum atomic E-state index is -0.491. The van der Waals surface area contributed by atoms with E-state index in [0.29, 0.717) is 41.5 Å². The number of ether oxygens (including phenoxy) is 3. The van der Waals surface area contributed by atoms with Crippen LogP contribution in [0, 0.1) is 5.82 Å². The fraction of sp³-hybridized carbons (Fsp3) is 0.360. The van der Waals surface area contributed by atoms with Crippen LogP contribution < -0.4 is 20.1 Å². The molecule has 9 heteroatoms. The number of aromatic amines is 1. The van der Waals surface area contributed by atoms with E-state index in [1.807, 2.05) is 6.07 Å². The number of benzene rings is 1. The lowest BCUT2D eigenvalue weighted by Crippen LogP contribution is -2.39. The van der Waals surface area contributed by atoms with E-state index in [1.165, 1.54) is 13.2 Å². The molecule has 1 spiro atoms. The first kappa shape index (κ1) is 21.0. The fourth-order valence-corrected chi connectivity index (χ4v) is 4.71. The van der Waals surface area contributed by atoms with Gasteiger partial charge >= 0.3 is 0 Å². The zero-order valence-electron chi connectivity index (χ0n) is 18.7. The van der Waals surface area contributed by atoms with Gasteiger partial charge in [-0.05, 0) is 31.0 Å². The number of H-pyrrole nitrogens is 1. The number of carbonyl (C=O) groups is 1. The van der Waals surface area contributed by atoms with Gasteiger partial charge in [0.1, 0.15) is 12.4 Å². The van der Waals surface area contributed by atoms with Crippen LogP contribution in [0.25, 0.3) is 11.3 Å². The zero-order chi connectivity index (χ0) is 23.3. The average Bonchev–Trinajstić information content (AvgIpc) is 3.49. The highest BCUT2D eigenvalue weighted by Crippen LogP contribution is 2.54. The summed E-state index contributed by atoms with van der Waals surface area (Å²) < 4.78 is 31.3. The van der Waals surface area contributed by atoms with Gasteiger partial charge in [0.25, 0.3) is 5.91 Å². The Labute approximate surface area is 195 Å². The molecule has 176 valence electrons. The molecule has 1 aromatic carbocycles. The van der Waals surface area contributed by atoms with Gasteiger partial charge in [0, 0.05) is 42.4 Å². The Morgan fingerprint density at radius 3 is 2.91 bits per heavy atom. The summed E-state index contributed by atoms with van der Waals surface area (Å²) in [4.78, 5) is 20.9. The summed E-state index contributed by atoms with van der Waals surface area (Å²) in [6.45, 7) is 1.77. The van der Waals surface area contributed by atoms with Crippen LogP contribution in [-0.4, -0.2) is 48.8 Å². The number of anilines is 2. The van der Waals surface area contributed by atoms with Crippen LogP contribution in [0.15, 0.2) is 36.7 Å². The number of nitrogens with zero attached hydrogens (tertiary/aromatic N) is 1. The van der Waals surface area contributed by atoms with Crippen molar-refractivity contribution in [1.82, 2.24) is 15.3 Å². The van der Waals surface area contributed by atoms with Crippen LogP contribution in [-0.2, 0) is 10.2 Å². The van der Waals surface area contributed by atoms with E-state index < -0.39 is 5.82 Å². The Morgan fingerprint density at radius 1 is 1.32 bits per heavy atom. The molecule has 1 atom stereocenters. The summed E-state index contributed by atoms with van der Waals surface area (Å²) in [7, 11) is 1.42. The largest absolute Gasteiger partial charge is 0.492 e. The number of para-hydroxylation sites is 1. The third-order valence-corrected chi connectivity index (χ3v) is 6.90. The molecule has 2 fully saturated rings. The molecule has 4 heterocycles. The standard InChI is InChI=1S/C25H25FN4O4/c1-32-22-16(26)3-2-4-17(22)29-21-19-23(25(7-8-25)13-28-24(19)31)30-20(21)15-5-9-27-11-18(15)34-12-14-6-10-33-14/h2-5,9,11,14,29-30H,6-8,10,12-13H2,1H3,(H,28,31). The van der Waals surface area contributed by atoms with E-state index in [1.54, 1.807) is 24.5 Å². The SMILES string of the molecule is COc1c(F)cccc1Nc1c(-c2ccncc2OCC2CCO2)[nH]c2c1C(=O)NCC21CC1. The molecule has 34 heavy (non-hydrogen) atoms. The fourth-order valence-electron chi connectivity index (χ4n) is 4.71. The molecule has 3 aromatic rings. The van der Waals surface area contributed by atoms with Gasteiger partial charge in [-0.15, -0.1) is 0 Å². The van der Waals surface area contributed by atoms with Crippen molar-refractivity contribution in [3.05, 3.63) is 53.7 Å². The number of fused-ring (bicyclic) bond motifs is 2. The van der Waals surface area contributed by atoms with Gasteiger partial charge in [-0.1, -0.05) is 6.07 Å². The monoisotopic (exact) mass is 464 g/mol. The van der Waals surface area contributed by atoms with Crippen LogP contribution in [0.5, 0.6) is 11.5 Å². The third kappa shape index (κ3) is 3.38. The van der Waals surface area contributed by atoms with Crippen LogP contribution in [0.1, 0.15) is 35.3 Å². The Morgan fingerprint density at radius 2 is 2.18 bits per heavy atom. The predicted octanol–water partition coefficient (Wildman–Crippen LogP) is 3.91. The molecular weight excluding hydrogens is 439 g/mol. The lowest BCUT2D eigenvalue weighted by molar-refractivity contribution is -0.0720. The van der Waals surface area contributed by atoms with Crippen molar-refractivity contribution >= 4 is 17.3 Å². The highest BCUT2D eigenvalue weighted by molar-refractivity contribution is 6.07. The number of methoxy groups -OCH3 is 1. The van der Waals surface area contributed by atoms with Gasteiger partial charge in [-0.25, -0.2) is 4.39 Å². The topological polar surface area (TPSA) is 97.5 Å². The maximum Gasteiger partial charge on any atom is 0.255 e. The van der Waals surface area contributed by atoms with E-state index in [-0.39, 0.29) is 23.2 Å². The molecule has 6 rings (SSSR count). The van der Waals surface area contributed by atoms with Crippen molar-refractivity contribution in [3.63, 3.8) is 0 Å². The molecular formula is C25H25FN4O4. The first-order chi connectivity index (χ1) is 16.6. The number of carbonyl (C=O) groups excluding carboxylic acids is 1. The number of amides is 1. The van der Waals surface area contributed by atoms with E-state index in [0.717, 1.165) is 37.1 Å². The van der Waals surface area contributed by atoms with Crippen molar-refractivity contribution in [1.29, 1.82) is 0 Å². The number of nitrogens with one attached hydrogen (secondary N) is 3. The highest BCUT2D eigenvalue weighted by atomic mass is 19.1. The molecule has 1 saturated heterocycles. The number of pyridine rings is 1. The van der Waals surface area contributed by atoms with E-state index in [2.05, 4.69) is 20.6 Å². The van der Waals surface area contributed by atoms with Crippen molar-refractivity contribution in [2.45, 2.75) is 30.8 Å². The first-order valence-electron chi connectivity index (χ1n) is 11.4. The summed E-state index contributed by atoms with van der Waals surface area (Å²) in [6, 6.07) is 6.50. The van der Waals surface area contributed by atoms with Crippen LogP contribution >= 0.6 is 0 Å². The number of rotatable bonds is 7. The second-order valence-electron chi connectivity index (χ2n) is 9.00. The molecule has 1 amide bonds. The number of halogens is 1. The van der Waals surface area contributed by atoms with E-state index in [9.17, 15) is 9.18 Å². The van der Waals surface area contributed by atoms with Gasteiger partial charge in [-0.3, -0.25) is 9.78 Å². The summed E-state index contributed by atoms with van der Waals surface area (Å²) >= 11 is 0. The summed E-state index contributed by atoms with van der Waals surface area (Å²) in [5.74, 6) is -0.00696. The van der Waals surface area contributed by atoms with Crippen molar-refractivity contribution < 1.29 is 23.4 Å². The second-order valence-corrected chi connectivity index (χ2v) is 9.00. The number of aromatic nitrogens is 2. The molecule has 0 bridgehead atoms. The van der Waals surface area contributed by atoms with Gasteiger partial charge in [0.2, 0.25) is 0 Å². The van der Waals surface area contributed by atoms with Gasteiger partial charge < -0.3 is 29.8 Å². The maximum atomic E-state index is 14.4. The molecule has 2 aromatic heterocycles. The van der Waals surface area contributed by atoms with E-state index in [4.69, 9.17) is 14.2 Å². The van der Waals surface area contributed by atoms with Crippen molar-refractivity contribution in [2.75, 3.05) is 32.2 Å². The normalized spacial score (nSPS) is 19.7. The molecule has 1 aliphatic carbocycles. The summed E-state index contributed by atoms with van der Waals surface area (Å²) in [6.07, 6.45) is 6.35. The van der Waals surface area contributed by atoms with Gasteiger partial charge in [0.15, 0.2) is 11.6 Å². The Bertz CT molecular complexity index is 1270. The number of hydrogen-bond donors (Lipinski definition) is 3. The summed E-state index contributed by atoms with van der Waals surface area (Å²) in [5.41, 5.74) is 3.75. The van der Waals surface area contributed by atoms with Crippen LogP contribution in [0.2, 0.25) is 0 Å². The van der Waals surface area contributed by atoms with Gasteiger partial charge in [-0.2, -0.15) is 0 Å². The summed E-state index contributed by atoms with van der Waals surface area (Å²) in [5, 5.41) is 6.32. The molecule has 8 nitrogen and oxygen atoms in total. The first-order valence-corrected chi connectivity index (χ1v) is 11.4. The third-order valence-electron chi connectivity index (χ3n) is 6.90. The number of hydrogen-bond acceptors (Lipinski definition) is 6. The Hall–Kier alpha value is -3.59. The minimum absolute atomic E-state index is 0.0690. The second kappa shape index (κ2) is 8.02. The molecule has 1 unspecified atom stereocenters. The molecule has 3 aliphatic rings. The van der Waals surface area contributed by atoms with Crippen molar-refractivity contribution in [3.8, 4) is 22.8 Å². The smallest absolute Gasteiger partial charge is 0.255 e. The van der Waals surface area contributed by atoms with Crippen LogP contribution in [0.4, 0.5) is 15.8 Å².